The Bertz CT molecular complexity index is 1200. The number of nitrogens with one attached hydrogen (secondary N) is 1. The summed E-state index contributed by atoms with van der Waals surface area (Å²) >= 11 is 0. The normalized spacial score (nSPS) is 14.7. The van der Waals surface area contributed by atoms with Gasteiger partial charge in [-0.2, -0.15) is 0 Å². The lowest BCUT2D eigenvalue weighted by molar-refractivity contribution is -0.118. The fourth-order valence-electron chi connectivity index (χ4n) is 3.79. The second kappa shape index (κ2) is 9.09. The predicted octanol–water partition coefficient (Wildman–Crippen LogP) is 3.81. The molecule has 0 bridgehead atoms. The number of nitrogens with zero attached hydrogens (tertiary/aromatic N) is 1. The van der Waals surface area contributed by atoms with E-state index in [0.29, 0.717) is 29.6 Å². The third kappa shape index (κ3) is 4.72. The highest BCUT2D eigenvalue weighted by Gasteiger charge is 2.26. The van der Waals surface area contributed by atoms with Crippen molar-refractivity contribution < 1.29 is 18.7 Å². The first-order valence-electron chi connectivity index (χ1n) is 10.4. The highest BCUT2D eigenvalue weighted by atomic mass is 16.5. The molecule has 1 aromatic heterocycles. The zero-order valence-corrected chi connectivity index (χ0v) is 18.0. The maximum Gasteiger partial charge on any atom is 0.262 e. The van der Waals surface area contributed by atoms with Crippen molar-refractivity contribution in [3.63, 3.8) is 0 Å². The van der Waals surface area contributed by atoms with Crippen LogP contribution in [-0.4, -0.2) is 24.3 Å². The second-order valence-corrected chi connectivity index (χ2v) is 7.86. The molecule has 4 rings (SSSR count). The molecule has 7 nitrogen and oxygen atoms in total. The molecule has 7 heteroatoms. The number of Topliss-reactive ketones (excluding diaryl/α,β-unsaturated/α-hetero) is 1. The van der Waals surface area contributed by atoms with Gasteiger partial charge >= 0.3 is 0 Å². The van der Waals surface area contributed by atoms with Crippen molar-refractivity contribution in [2.24, 2.45) is 0 Å². The number of carbonyl (C=O) groups is 2. The van der Waals surface area contributed by atoms with E-state index in [9.17, 15) is 14.4 Å². The van der Waals surface area contributed by atoms with Crippen molar-refractivity contribution in [3.8, 4) is 5.75 Å². The van der Waals surface area contributed by atoms with Gasteiger partial charge in [0.2, 0.25) is 11.2 Å². The van der Waals surface area contributed by atoms with Crippen LogP contribution >= 0.6 is 0 Å². The minimum absolute atomic E-state index is 0.0225. The number of hydrogen-bond donors (Lipinski definition) is 1. The van der Waals surface area contributed by atoms with Gasteiger partial charge in [-0.05, 0) is 56.2 Å². The molecule has 0 aliphatic carbocycles. The zero-order valence-electron chi connectivity index (χ0n) is 18.0. The Morgan fingerprint density at radius 1 is 1.16 bits per heavy atom. The summed E-state index contributed by atoms with van der Waals surface area (Å²) in [5.74, 6) is 0.0305. The fourth-order valence-corrected chi connectivity index (χ4v) is 3.79. The van der Waals surface area contributed by atoms with Gasteiger partial charge in [0.05, 0.1) is 6.54 Å². The maximum atomic E-state index is 12.4. The van der Waals surface area contributed by atoms with Gasteiger partial charge in [-0.15, -0.1) is 0 Å². The van der Waals surface area contributed by atoms with Crippen molar-refractivity contribution in [1.29, 1.82) is 0 Å². The van der Waals surface area contributed by atoms with Crippen LogP contribution in [0.4, 0.5) is 11.4 Å². The number of benzene rings is 2. The summed E-state index contributed by atoms with van der Waals surface area (Å²) in [7, 11) is 0. The second-order valence-electron chi connectivity index (χ2n) is 7.86. The molecule has 32 heavy (non-hydrogen) atoms. The minimum atomic E-state index is -0.424. The monoisotopic (exact) mass is 432 g/mol. The molecule has 0 saturated carbocycles. The summed E-state index contributed by atoms with van der Waals surface area (Å²) in [5.41, 5.74) is 3.18. The summed E-state index contributed by atoms with van der Waals surface area (Å²) in [6.07, 6.45) is 2.20. The van der Waals surface area contributed by atoms with Crippen LogP contribution in [0.15, 0.2) is 70.1 Å². The molecule has 0 fully saturated rings. The lowest BCUT2D eigenvalue weighted by Gasteiger charge is -2.24. The summed E-state index contributed by atoms with van der Waals surface area (Å²) in [4.78, 5) is 38.1. The first-order chi connectivity index (χ1) is 15.4. The summed E-state index contributed by atoms with van der Waals surface area (Å²) in [6, 6.07) is 16.5. The Morgan fingerprint density at radius 3 is 2.62 bits per heavy atom. The molecule has 2 heterocycles. The van der Waals surface area contributed by atoms with Crippen molar-refractivity contribution >= 4 is 23.1 Å². The first kappa shape index (κ1) is 21.4. The van der Waals surface area contributed by atoms with Crippen molar-refractivity contribution in [2.75, 3.05) is 16.8 Å². The molecule has 164 valence electrons. The number of rotatable bonds is 7. The van der Waals surface area contributed by atoms with Crippen molar-refractivity contribution in [2.45, 2.75) is 32.9 Å². The third-order valence-corrected chi connectivity index (χ3v) is 5.46. The number of amides is 1. The number of para-hydroxylation sites is 1. The van der Waals surface area contributed by atoms with Gasteiger partial charge in [-0.25, -0.2) is 0 Å². The van der Waals surface area contributed by atoms with E-state index < -0.39 is 5.91 Å². The average Bonchev–Trinajstić information content (AvgIpc) is 3.08. The van der Waals surface area contributed by atoms with Gasteiger partial charge in [0.25, 0.3) is 5.91 Å². The standard InChI is InChI=1S/C25H24N2O5/c1-16-11-19-5-3-4-6-22(19)27(16)13-21-12-23(29)24(14-31-21)32-15-25(30)26-20-9-7-18(8-10-20)17(2)28/h3-10,12,14,16H,11,13,15H2,1-2H3,(H,26,30). The van der Waals surface area contributed by atoms with Crippen LogP contribution in [-0.2, 0) is 17.8 Å². The largest absolute Gasteiger partial charge is 0.477 e. The van der Waals surface area contributed by atoms with Crippen LogP contribution in [0.5, 0.6) is 5.75 Å². The number of ether oxygens (including phenoxy) is 1. The summed E-state index contributed by atoms with van der Waals surface area (Å²) in [5, 5.41) is 2.66. The Hall–Kier alpha value is -3.87. The molecule has 0 radical (unpaired) electrons. The van der Waals surface area contributed by atoms with Gasteiger partial charge < -0.3 is 19.4 Å². The van der Waals surface area contributed by atoms with E-state index in [-0.39, 0.29) is 23.6 Å². The van der Waals surface area contributed by atoms with E-state index >= 15 is 0 Å². The quantitative estimate of drug-likeness (QED) is 0.571. The molecule has 1 amide bonds. The minimum Gasteiger partial charge on any atom is -0.477 e. The molecular weight excluding hydrogens is 408 g/mol. The number of anilines is 2. The summed E-state index contributed by atoms with van der Waals surface area (Å²) in [6.45, 7) is 3.75. The lowest BCUT2D eigenvalue weighted by atomic mass is 10.1. The highest BCUT2D eigenvalue weighted by Crippen LogP contribution is 2.32. The fraction of sp³-hybridized carbons (Fsp3) is 0.240. The maximum absolute atomic E-state index is 12.4. The molecular formula is C25H24N2O5. The van der Waals surface area contributed by atoms with E-state index in [1.54, 1.807) is 24.3 Å². The van der Waals surface area contributed by atoms with Gasteiger partial charge in [-0.3, -0.25) is 14.4 Å². The third-order valence-electron chi connectivity index (χ3n) is 5.46. The van der Waals surface area contributed by atoms with Gasteiger partial charge in [0, 0.05) is 29.0 Å². The predicted molar refractivity (Wildman–Crippen MR) is 121 cm³/mol. The van der Waals surface area contributed by atoms with Crippen LogP contribution in [0.25, 0.3) is 0 Å². The first-order valence-corrected chi connectivity index (χ1v) is 10.4. The molecule has 3 aromatic rings. The Labute approximate surface area is 185 Å². The van der Waals surface area contributed by atoms with E-state index in [4.69, 9.17) is 9.15 Å². The molecule has 0 saturated heterocycles. The molecule has 1 N–H and O–H groups in total. The Balaban J connectivity index is 1.35. The number of carbonyl (C=O) groups excluding carboxylic acids is 2. The van der Waals surface area contributed by atoms with E-state index in [1.807, 2.05) is 12.1 Å². The van der Waals surface area contributed by atoms with Crippen molar-refractivity contribution in [3.05, 3.63) is 88.0 Å². The van der Waals surface area contributed by atoms with Crippen LogP contribution in [0, 0.1) is 0 Å². The molecule has 0 spiro atoms. The summed E-state index contributed by atoms with van der Waals surface area (Å²) < 4.78 is 11.0. The number of ketones is 1. The Morgan fingerprint density at radius 2 is 1.91 bits per heavy atom. The highest BCUT2D eigenvalue weighted by molar-refractivity contribution is 5.95. The smallest absolute Gasteiger partial charge is 0.262 e. The van der Waals surface area contributed by atoms with Crippen LogP contribution in [0.3, 0.4) is 0 Å². The van der Waals surface area contributed by atoms with Crippen LogP contribution in [0.1, 0.15) is 35.5 Å². The van der Waals surface area contributed by atoms with Crippen LogP contribution in [0.2, 0.25) is 0 Å². The van der Waals surface area contributed by atoms with E-state index in [0.717, 1.165) is 12.1 Å². The molecule has 2 aromatic carbocycles. The van der Waals surface area contributed by atoms with Gasteiger partial charge in [0.15, 0.2) is 12.4 Å². The topological polar surface area (TPSA) is 88.8 Å². The molecule has 1 atom stereocenters. The van der Waals surface area contributed by atoms with E-state index in [1.165, 1.54) is 24.8 Å². The molecule has 1 aliphatic rings. The lowest BCUT2D eigenvalue weighted by Crippen LogP contribution is -2.29. The van der Waals surface area contributed by atoms with Gasteiger partial charge in [0.1, 0.15) is 12.0 Å². The Kier molecular flexibility index (Phi) is 6.07. The van der Waals surface area contributed by atoms with Crippen molar-refractivity contribution in [1.82, 2.24) is 0 Å². The number of hydrogen-bond acceptors (Lipinski definition) is 6. The molecule has 1 aliphatic heterocycles. The number of fused-ring (bicyclic) bond motifs is 1. The van der Waals surface area contributed by atoms with E-state index in [2.05, 4.69) is 29.3 Å². The van der Waals surface area contributed by atoms with Crippen LogP contribution < -0.4 is 20.4 Å². The van der Waals surface area contributed by atoms with Gasteiger partial charge in [-0.1, -0.05) is 18.2 Å². The average molecular weight is 432 g/mol. The molecule has 1 unspecified atom stereocenters. The SMILES string of the molecule is CC(=O)c1ccc(NC(=O)COc2coc(CN3c4ccccc4CC3C)cc2=O)cc1. The zero-order chi connectivity index (χ0) is 22.7.